The van der Waals surface area contributed by atoms with Crippen molar-refractivity contribution in [1.82, 2.24) is 0 Å². The van der Waals surface area contributed by atoms with Gasteiger partial charge in [0.1, 0.15) is 0 Å². The fraction of sp³-hybridized carbons (Fsp3) is 0.200. The summed E-state index contributed by atoms with van der Waals surface area (Å²) in [6, 6.07) is 13.4. The number of hydrogen-bond donors (Lipinski definition) is 0. The fourth-order valence-corrected chi connectivity index (χ4v) is 2.15. The third kappa shape index (κ3) is 2.56. The lowest BCUT2D eigenvalue weighted by Crippen LogP contribution is -1.98. The van der Waals surface area contributed by atoms with Crippen LogP contribution in [0.4, 0.5) is 5.69 Å². The van der Waals surface area contributed by atoms with Crippen molar-refractivity contribution in [3.8, 4) is 0 Å². The highest BCUT2D eigenvalue weighted by Crippen LogP contribution is 2.24. The normalized spacial score (nSPS) is 10.3. The molecule has 0 aliphatic rings. The molecule has 0 unspecified atom stereocenters. The minimum atomic E-state index is -0.341. The smallest absolute Gasteiger partial charge is 0.258 e. The van der Waals surface area contributed by atoms with Gasteiger partial charge in [-0.2, -0.15) is 0 Å². The zero-order valence-corrected chi connectivity index (χ0v) is 10.5. The highest BCUT2D eigenvalue weighted by Gasteiger charge is 2.12. The number of aryl methyl sites for hydroxylation is 2. The summed E-state index contributed by atoms with van der Waals surface area (Å²) in [5.74, 6) is 0. The molecule has 2 aromatic carbocycles. The molecular weight excluding hydrogens is 226 g/mol. The van der Waals surface area contributed by atoms with Gasteiger partial charge in [-0.15, -0.1) is 0 Å². The van der Waals surface area contributed by atoms with E-state index >= 15 is 0 Å². The van der Waals surface area contributed by atoms with E-state index in [0.29, 0.717) is 0 Å². The lowest BCUT2D eigenvalue weighted by atomic mass is 9.95. The van der Waals surface area contributed by atoms with Crippen molar-refractivity contribution in [3.05, 3.63) is 74.8 Å². The van der Waals surface area contributed by atoms with Crippen LogP contribution < -0.4 is 0 Å². The Labute approximate surface area is 106 Å². The van der Waals surface area contributed by atoms with Gasteiger partial charge in [-0.3, -0.25) is 10.1 Å². The van der Waals surface area contributed by atoms with Crippen LogP contribution in [0.2, 0.25) is 0 Å². The Bertz CT molecular complexity index is 553. The minimum absolute atomic E-state index is 0.168. The number of nitrogens with zero attached hydrogens (tertiary/aromatic N) is 1. The molecule has 3 nitrogen and oxygen atoms in total. The summed E-state index contributed by atoms with van der Waals surface area (Å²) < 4.78 is 0. The molecule has 0 amide bonds. The van der Waals surface area contributed by atoms with E-state index in [2.05, 4.69) is 12.1 Å². The molecule has 0 bridgehead atoms. The van der Waals surface area contributed by atoms with Crippen molar-refractivity contribution in [1.29, 1.82) is 0 Å². The van der Waals surface area contributed by atoms with Crippen molar-refractivity contribution >= 4 is 5.69 Å². The van der Waals surface area contributed by atoms with Crippen molar-refractivity contribution in [2.45, 2.75) is 20.3 Å². The molecular formula is C15H15NO2. The first kappa shape index (κ1) is 12.3. The molecule has 18 heavy (non-hydrogen) atoms. The van der Waals surface area contributed by atoms with Gasteiger partial charge in [0, 0.05) is 12.1 Å². The molecule has 0 spiro atoms. The summed E-state index contributed by atoms with van der Waals surface area (Å²) >= 11 is 0. The predicted octanol–water partition coefficient (Wildman–Crippen LogP) is 3.80. The van der Waals surface area contributed by atoms with Crippen LogP contribution in [0.25, 0.3) is 0 Å². The number of nitro groups is 1. The fourth-order valence-electron chi connectivity index (χ4n) is 2.15. The molecule has 0 atom stereocenters. The van der Waals surface area contributed by atoms with E-state index in [1.54, 1.807) is 12.1 Å². The van der Waals surface area contributed by atoms with Gasteiger partial charge in [-0.05, 0) is 42.5 Å². The number of benzene rings is 2. The summed E-state index contributed by atoms with van der Waals surface area (Å²) in [4.78, 5) is 10.4. The maximum atomic E-state index is 10.8. The SMILES string of the molecule is Cc1cc([N+](=O)[O-])cc(C)c1Cc1ccccc1. The standard InChI is InChI=1S/C15H15NO2/c1-11-8-14(16(17)18)9-12(2)15(11)10-13-6-4-3-5-7-13/h3-9H,10H2,1-2H3. The van der Waals surface area contributed by atoms with Gasteiger partial charge >= 0.3 is 0 Å². The third-order valence-corrected chi connectivity index (χ3v) is 3.12. The van der Waals surface area contributed by atoms with Crippen LogP contribution in [-0.2, 0) is 6.42 Å². The number of nitro benzene ring substituents is 1. The first-order valence-corrected chi connectivity index (χ1v) is 5.86. The van der Waals surface area contributed by atoms with Crippen molar-refractivity contribution in [3.63, 3.8) is 0 Å². The third-order valence-electron chi connectivity index (χ3n) is 3.12. The van der Waals surface area contributed by atoms with Crippen molar-refractivity contribution in [2.75, 3.05) is 0 Å². The van der Waals surface area contributed by atoms with Crippen LogP contribution in [0.15, 0.2) is 42.5 Å². The molecule has 0 fully saturated rings. The molecule has 0 radical (unpaired) electrons. The topological polar surface area (TPSA) is 43.1 Å². The highest BCUT2D eigenvalue weighted by molar-refractivity contribution is 5.46. The van der Waals surface area contributed by atoms with Gasteiger partial charge < -0.3 is 0 Å². The van der Waals surface area contributed by atoms with Gasteiger partial charge in [0.25, 0.3) is 5.69 Å². The van der Waals surface area contributed by atoms with E-state index in [-0.39, 0.29) is 10.6 Å². The molecule has 2 aromatic rings. The molecule has 0 saturated heterocycles. The molecule has 3 heteroatoms. The van der Waals surface area contributed by atoms with Gasteiger partial charge in [-0.25, -0.2) is 0 Å². The Morgan fingerprint density at radius 3 is 2.11 bits per heavy atom. The van der Waals surface area contributed by atoms with Gasteiger partial charge in [0.05, 0.1) is 4.92 Å². The maximum Gasteiger partial charge on any atom is 0.269 e. The van der Waals surface area contributed by atoms with Crippen molar-refractivity contribution in [2.24, 2.45) is 0 Å². The quantitative estimate of drug-likeness (QED) is 0.606. The number of hydrogen-bond acceptors (Lipinski definition) is 2. The van der Waals surface area contributed by atoms with Crippen LogP contribution in [-0.4, -0.2) is 4.92 Å². The molecule has 92 valence electrons. The average Bonchev–Trinajstić information content (AvgIpc) is 2.34. The molecule has 0 aliphatic carbocycles. The second kappa shape index (κ2) is 5.00. The van der Waals surface area contributed by atoms with E-state index in [9.17, 15) is 10.1 Å². The lowest BCUT2D eigenvalue weighted by molar-refractivity contribution is -0.385. The van der Waals surface area contributed by atoms with Gasteiger partial charge in [0.15, 0.2) is 0 Å². The van der Waals surface area contributed by atoms with E-state index in [0.717, 1.165) is 17.5 Å². The summed E-state index contributed by atoms with van der Waals surface area (Å²) in [6.07, 6.45) is 0.816. The van der Waals surface area contributed by atoms with Crippen LogP contribution >= 0.6 is 0 Å². The first-order chi connectivity index (χ1) is 8.58. The van der Waals surface area contributed by atoms with E-state index in [4.69, 9.17) is 0 Å². The van der Waals surface area contributed by atoms with E-state index < -0.39 is 0 Å². The van der Waals surface area contributed by atoms with Gasteiger partial charge in [-0.1, -0.05) is 30.3 Å². The molecule has 0 N–H and O–H groups in total. The summed E-state index contributed by atoms with van der Waals surface area (Å²) in [5.41, 5.74) is 4.52. The summed E-state index contributed by atoms with van der Waals surface area (Å²) in [5, 5.41) is 10.8. The van der Waals surface area contributed by atoms with Crippen LogP contribution in [0.5, 0.6) is 0 Å². The van der Waals surface area contributed by atoms with Crippen LogP contribution in [0, 0.1) is 24.0 Å². The van der Waals surface area contributed by atoms with Gasteiger partial charge in [0.2, 0.25) is 0 Å². The Morgan fingerprint density at radius 2 is 1.61 bits per heavy atom. The Hall–Kier alpha value is -2.16. The summed E-state index contributed by atoms with van der Waals surface area (Å²) in [7, 11) is 0. The molecule has 0 aromatic heterocycles. The van der Waals surface area contributed by atoms with E-state index in [1.165, 1.54) is 11.1 Å². The second-order valence-corrected chi connectivity index (χ2v) is 4.48. The van der Waals surface area contributed by atoms with E-state index in [1.807, 2.05) is 32.0 Å². The Kier molecular flexibility index (Phi) is 3.42. The zero-order valence-electron chi connectivity index (χ0n) is 10.5. The zero-order chi connectivity index (χ0) is 13.1. The Morgan fingerprint density at radius 1 is 1.06 bits per heavy atom. The number of non-ortho nitro benzene ring substituents is 1. The minimum Gasteiger partial charge on any atom is -0.258 e. The predicted molar refractivity (Wildman–Crippen MR) is 71.8 cm³/mol. The first-order valence-electron chi connectivity index (χ1n) is 5.86. The molecule has 0 aliphatic heterocycles. The van der Waals surface area contributed by atoms with Crippen molar-refractivity contribution < 1.29 is 4.92 Å². The lowest BCUT2D eigenvalue weighted by Gasteiger charge is -2.10. The average molecular weight is 241 g/mol. The maximum absolute atomic E-state index is 10.8. The largest absolute Gasteiger partial charge is 0.269 e. The summed E-state index contributed by atoms with van der Waals surface area (Å²) in [6.45, 7) is 3.86. The molecule has 2 rings (SSSR count). The highest BCUT2D eigenvalue weighted by atomic mass is 16.6. The van der Waals surface area contributed by atoms with Crippen LogP contribution in [0.1, 0.15) is 22.3 Å². The Balaban J connectivity index is 2.37. The second-order valence-electron chi connectivity index (χ2n) is 4.48. The number of rotatable bonds is 3. The molecule has 0 heterocycles. The van der Waals surface area contributed by atoms with Crippen LogP contribution in [0.3, 0.4) is 0 Å². The molecule has 0 saturated carbocycles. The monoisotopic (exact) mass is 241 g/mol.